The summed E-state index contributed by atoms with van der Waals surface area (Å²) in [6.07, 6.45) is -0.984. The van der Waals surface area contributed by atoms with Crippen molar-refractivity contribution >= 4 is 8.32 Å². The maximum Gasteiger partial charge on any atom is 0.191 e. The SMILES string of the molecule is [2H]C(C)(O)CCO[Si](C)(C)C(C)(C)C. The Morgan fingerprint density at radius 3 is 2.23 bits per heavy atom. The Kier molecular flexibility index (Phi) is 3.95. The van der Waals surface area contributed by atoms with Crippen LogP contribution in [0.1, 0.15) is 35.5 Å². The van der Waals surface area contributed by atoms with Gasteiger partial charge in [-0.1, -0.05) is 20.8 Å². The predicted octanol–water partition coefficient (Wildman–Crippen LogP) is 2.78. The zero-order valence-corrected chi connectivity index (χ0v) is 10.8. The normalized spacial score (nSPS) is 19.5. The Morgan fingerprint density at radius 2 is 1.92 bits per heavy atom. The summed E-state index contributed by atoms with van der Waals surface area (Å²) >= 11 is 0. The lowest BCUT2D eigenvalue weighted by Crippen LogP contribution is -2.41. The van der Waals surface area contributed by atoms with Crippen LogP contribution in [0.15, 0.2) is 0 Å². The number of hydrogen-bond donors (Lipinski definition) is 1. The van der Waals surface area contributed by atoms with E-state index in [2.05, 4.69) is 33.9 Å². The van der Waals surface area contributed by atoms with Crippen LogP contribution in [0, 0.1) is 0 Å². The van der Waals surface area contributed by atoms with Gasteiger partial charge < -0.3 is 9.53 Å². The fourth-order valence-electron chi connectivity index (χ4n) is 0.670. The molecule has 0 amide bonds. The predicted molar refractivity (Wildman–Crippen MR) is 59.4 cm³/mol. The van der Waals surface area contributed by atoms with Gasteiger partial charge in [-0.3, -0.25) is 0 Å². The number of aliphatic hydroxyl groups is 1. The maximum absolute atomic E-state index is 9.22. The molecule has 0 heterocycles. The average molecular weight is 205 g/mol. The molecule has 0 aliphatic carbocycles. The van der Waals surface area contributed by atoms with Crippen molar-refractivity contribution in [1.82, 2.24) is 0 Å². The molecule has 0 saturated carbocycles. The topological polar surface area (TPSA) is 29.5 Å². The van der Waals surface area contributed by atoms with Crippen molar-refractivity contribution < 1.29 is 10.9 Å². The van der Waals surface area contributed by atoms with E-state index in [1.807, 2.05) is 0 Å². The standard InChI is InChI=1S/C10H24O2Si/c1-9(11)7-8-12-13(5,6)10(2,3)4/h9,11H,7-8H2,1-6H3/i9D. The summed E-state index contributed by atoms with van der Waals surface area (Å²) in [6.45, 7) is 12.8. The minimum Gasteiger partial charge on any atom is -0.417 e. The summed E-state index contributed by atoms with van der Waals surface area (Å²) in [5, 5.41) is 9.41. The van der Waals surface area contributed by atoms with Crippen LogP contribution in [-0.2, 0) is 4.43 Å². The first kappa shape index (κ1) is 11.2. The van der Waals surface area contributed by atoms with Gasteiger partial charge in [0.2, 0.25) is 0 Å². The molecule has 0 aliphatic heterocycles. The first-order valence-electron chi connectivity index (χ1n) is 5.32. The van der Waals surface area contributed by atoms with E-state index in [-0.39, 0.29) is 5.04 Å². The highest BCUT2D eigenvalue weighted by Crippen LogP contribution is 2.36. The summed E-state index contributed by atoms with van der Waals surface area (Å²) < 4.78 is 13.1. The van der Waals surface area contributed by atoms with Gasteiger partial charge in [0.05, 0.1) is 7.45 Å². The van der Waals surface area contributed by atoms with Gasteiger partial charge >= 0.3 is 0 Å². The van der Waals surface area contributed by atoms with E-state index in [9.17, 15) is 5.11 Å². The molecule has 1 unspecified atom stereocenters. The largest absolute Gasteiger partial charge is 0.417 e. The quantitative estimate of drug-likeness (QED) is 0.715. The Bertz CT molecular complexity index is 180. The van der Waals surface area contributed by atoms with Gasteiger partial charge in [0, 0.05) is 6.61 Å². The van der Waals surface area contributed by atoms with E-state index >= 15 is 0 Å². The molecule has 0 aromatic carbocycles. The fraction of sp³-hybridized carbons (Fsp3) is 1.00. The third kappa shape index (κ3) is 4.79. The molecule has 0 rings (SSSR count). The van der Waals surface area contributed by atoms with Crippen LogP contribution >= 0.6 is 0 Å². The molecule has 0 aromatic rings. The molecule has 3 heteroatoms. The third-order valence-electron chi connectivity index (χ3n) is 2.73. The molecule has 0 fully saturated rings. The van der Waals surface area contributed by atoms with E-state index in [1.54, 1.807) is 0 Å². The minimum atomic E-state index is -1.70. The van der Waals surface area contributed by atoms with Crippen LogP contribution in [0.2, 0.25) is 18.1 Å². The Morgan fingerprint density at radius 1 is 1.46 bits per heavy atom. The number of rotatable bonds is 4. The van der Waals surface area contributed by atoms with Crippen molar-refractivity contribution in [2.45, 2.75) is 58.3 Å². The highest BCUT2D eigenvalue weighted by molar-refractivity contribution is 6.74. The highest BCUT2D eigenvalue weighted by Gasteiger charge is 2.36. The van der Waals surface area contributed by atoms with Gasteiger partial charge in [-0.2, -0.15) is 0 Å². The van der Waals surface area contributed by atoms with E-state index in [0.29, 0.717) is 13.0 Å². The average Bonchev–Trinajstić information content (AvgIpc) is 1.80. The molecule has 0 spiro atoms. The van der Waals surface area contributed by atoms with Crippen molar-refractivity contribution in [3.8, 4) is 0 Å². The van der Waals surface area contributed by atoms with Crippen LogP contribution in [0.4, 0.5) is 0 Å². The molecule has 2 nitrogen and oxygen atoms in total. The molecule has 1 atom stereocenters. The lowest BCUT2D eigenvalue weighted by Gasteiger charge is -2.36. The van der Waals surface area contributed by atoms with Gasteiger partial charge in [-0.25, -0.2) is 0 Å². The minimum absolute atomic E-state index is 0.195. The fourth-order valence-corrected chi connectivity index (χ4v) is 1.72. The van der Waals surface area contributed by atoms with Crippen molar-refractivity contribution in [3.63, 3.8) is 0 Å². The summed E-state index contributed by atoms with van der Waals surface area (Å²) in [4.78, 5) is 0. The Balaban J connectivity index is 4.02. The smallest absolute Gasteiger partial charge is 0.191 e. The van der Waals surface area contributed by atoms with Crippen LogP contribution in [0.3, 0.4) is 0 Å². The summed E-state index contributed by atoms with van der Waals surface area (Å²) in [5.41, 5.74) is 0. The second-order valence-corrected chi connectivity index (χ2v) is 9.90. The van der Waals surface area contributed by atoms with Crippen molar-refractivity contribution in [2.24, 2.45) is 0 Å². The molecular weight excluding hydrogens is 180 g/mol. The third-order valence-corrected chi connectivity index (χ3v) is 7.27. The lowest BCUT2D eigenvalue weighted by atomic mass is 10.2. The summed E-state index contributed by atoms with van der Waals surface area (Å²) in [5.74, 6) is 0. The molecule has 80 valence electrons. The monoisotopic (exact) mass is 205 g/mol. The van der Waals surface area contributed by atoms with Crippen LogP contribution in [0.25, 0.3) is 0 Å². The Labute approximate surface area is 84.8 Å². The van der Waals surface area contributed by atoms with Gasteiger partial charge in [0.15, 0.2) is 8.32 Å². The van der Waals surface area contributed by atoms with Crippen molar-refractivity contribution in [3.05, 3.63) is 0 Å². The van der Waals surface area contributed by atoms with Crippen molar-refractivity contribution in [1.29, 1.82) is 0 Å². The van der Waals surface area contributed by atoms with Gasteiger partial charge in [-0.05, 0) is 31.5 Å². The molecule has 0 bridgehead atoms. The second kappa shape index (κ2) is 4.58. The molecule has 0 aliphatic rings. The van der Waals surface area contributed by atoms with E-state index in [0.717, 1.165) is 0 Å². The van der Waals surface area contributed by atoms with Gasteiger partial charge in [-0.15, -0.1) is 0 Å². The molecule has 0 aromatic heterocycles. The second-order valence-electron chi connectivity index (χ2n) is 5.09. The molecular formula is C10H24O2Si. The first-order chi connectivity index (χ1) is 5.96. The first-order valence-corrected chi connectivity index (χ1v) is 7.73. The lowest BCUT2D eigenvalue weighted by molar-refractivity contribution is 0.150. The summed E-state index contributed by atoms with van der Waals surface area (Å²) in [6, 6.07) is 0. The molecule has 0 radical (unpaired) electrons. The van der Waals surface area contributed by atoms with Gasteiger partial charge in [0.25, 0.3) is 0 Å². The van der Waals surface area contributed by atoms with Gasteiger partial charge in [0.1, 0.15) is 0 Å². The van der Waals surface area contributed by atoms with E-state index in [4.69, 9.17) is 5.80 Å². The highest BCUT2D eigenvalue weighted by atomic mass is 28.4. The molecule has 13 heavy (non-hydrogen) atoms. The van der Waals surface area contributed by atoms with Crippen molar-refractivity contribution in [2.75, 3.05) is 6.61 Å². The zero-order valence-electron chi connectivity index (χ0n) is 10.8. The van der Waals surface area contributed by atoms with Crippen LogP contribution in [-0.4, -0.2) is 26.1 Å². The zero-order chi connectivity index (χ0) is 11.6. The van der Waals surface area contributed by atoms with Crippen LogP contribution in [0.5, 0.6) is 0 Å². The molecule has 1 N–H and O–H groups in total. The molecule has 0 saturated heterocycles. The maximum atomic E-state index is 9.22. The summed E-state index contributed by atoms with van der Waals surface area (Å²) in [7, 11) is -1.70. The van der Waals surface area contributed by atoms with E-state index in [1.165, 1.54) is 6.92 Å². The van der Waals surface area contributed by atoms with Crippen LogP contribution < -0.4 is 0 Å². The Hall–Kier alpha value is 0.137. The van der Waals surface area contributed by atoms with E-state index < -0.39 is 14.4 Å². The number of hydrogen-bond acceptors (Lipinski definition) is 2.